The quantitative estimate of drug-likeness (QED) is 0.762. The molecule has 2 rings (SSSR count). The van der Waals surface area contributed by atoms with E-state index in [1.165, 1.54) is 19.1 Å². The number of carbonyl (C=O) groups excluding carboxylic acids is 2. The van der Waals surface area contributed by atoms with E-state index < -0.39 is 0 Å². The number of amides is 2. The van der Waals surface area contributed by atoms with Gasteiger partial charge >= 0.3 is 0 Å². The molecule has 1 aromatic heterocycles. The lowest BCUT2D eigenvalue weighted by atomic mass is 10.1. The number of aromatic nitrogens is 1. The van der Waals surface area contributed by atoms with Gasteiger partial charge in [0.15, 0.2) is 5.82 Å². The molecule has 1 atom stereocenters. The number of anilines is 1. The Morgan fingerprint density at radius 3 is 2.56 bits per heavy atom. The molecule has 146 valence electrons. The average Bonchev–Trinajstić information content (AvgIpc) is 3.08. The number of aryl methyl sites for hydroxylation is 1. The number of ether oxygens (including phenoxy) is 2. The Hall–Kier alpha value is -3.03. The maximum Gasteiger partial charge on any atom is 0.258 e. The Labute approximate surface area is 158 Å². The van der Waals surface area contributed by atoms with Crippen molar-refractivity contribution in [1.29, 1.82) is 0 Å². The van der Waals surface area contributed by atoms with E-state index in [0.29, 0.717) is 35.1 Å². The van der Waals surface area contributed by atoms with Gasteiger partial charge in [-0.2, -0.15) is 0 Å². The van der Waals surface area contributed by atoms with Crippen LogP contribution in [0.2, 0.25) is 0 Å². The van der Waals surface area contributed by atoms with E-state index >= 15 is 0 Å². The second kappa shape index (κ2) is 9.07. The standard InChI is InChI=1S/C19H25N3O5/c1-6-12(2)22(11-18(23)20-17-9-13(3)27-21-17)19(24)15-8-7-14(25-4)10-16(15)26-5/h7-10,12H,6,11H2,1-5H3,(H,20,21,23)/t12-/m0/s1. The highest BCUT2D eigenvalue weighted by atomic mass is 16.5. The molecule has 1 N–H and O–H groups in total. The first-order valence-corrected chi connectivity index (χ1v) is 8.65. The third-order valence-electron chi connectivity index (χ3n) is 4.23. The third kappa shape index (κ3) is 4.99. The van der Waals surface area contributed by atoms with E-state index in [-0.39, 0.29) is 24.4 Å². The summed E-state index contributed by atoms with van der Waals surface area (Å²) in [7, 11) is 3.02. The van der Waals surface area contributed by atoms with Crippen LogP contribution in [-0.4, -0.2) is 48.7 Å². The van der Waals surface area contributed by atoms with Crippen molar-refractivity contribution >= 4 is 17.6 Å². The Bertz CT molecular complexity index is 802. The lowest BCUT2D eigenvalue weighted by Crippen LogP contribution is -2.43. The second-order valence-electron chi connectivity index (χ2n) is 6.13. The fraction of sp³-hybridized carbons (Fsp3) is 0.421. The van der Waals surface area contributed by atoms with Crippen molar-refractivity contribution in [3.63, 3.8) is 0 Å². The zero-order valence-corrected chi connectivity index (χ0v) is 16.2. The van der Waals surface area contributed by atoms with Crippen LogP contribution in [0.4, 0.5) is 5.82 Å². The summed E-state index contributed by atoms with van der Waals surface area (Å²) in [4.78, 5) is 27.0. The maximum absolute atomic E-state index is 13.1. The molecule has 0 aliphatic rings. The van der Waals surface area contributed by atoms with Gasteiger partial charge in [0, 0.05) is 18.2 Å². The van der Waals surface area contributed by atoms with Crippen LogP contribution in [0.3, 0.4) is 0 Å². The molecule has 0 aliphatic heterocycles. The molecule has 0 saturated heterocycles. The second-order valence-corrected chi connectivity index (χ2v) is 6.13. The summed E-state index contributed by atoms with van der Waals surface area (Å²) in [6.07, 6.45) is 0.695. The number of methoxy groups -OCH3 is 2. The summed E-state index contributed by atoms with van der Waals surface area (Å²) in [5.74, 6) is 1.22. The first kappa shape index (κ1) is 20.3. The molecule has 0 unspecified atom stereocenters. The summed E-state index contributed by atoms with van der Waals surface area (Å²) in [6, 6.07) is 6.42. The molecule has 0 saturated carbocycles. The summed E-state index contributed by atoms with van der Waals surface area (Å²) in [6.45, 7) is 5.46. The van der Waals surface area contributed by atoms with Gasteiger partial charge in [0.05, 0.1) is 19.8 Å². The number of hydrogen-bond acceptors (Lipinski definition) is 6. The minimum atomic E-state index is -0.357. The molecule has 2 aromatic rings. The van der Waals surface area contributed by atoms with Crippen molar-refractivity contribution in [2.45, 2.75) is 33.2 Å². The van der Waals surface area contributed by atoms with Gasteiger partial charge in [-0.05, 0) is 32.4 Å². The maximum atomic E-state index is 13.1. The van der Waals surface area contributed by atoms with Crippen LogP contribution < -0.4 is 14.8 Å². The Morgan fingerprint density at radius 2 is 2.00 bits per heavy atom. The smallest absolute Gasteiger partial charge is 0.258 e. The number of carbonyl (C=O) groups is 2. The van der Waals surface area contributed by atoms with E-state index in [0.717, 1.165) is 0 Å². The predicted octanol–water partition coefficient (Wildman–Crippen LogP) is 2.88. The van der Waals surface area contributed by atoms with E-state index in [1.807, 2.05) is 13.8 Å². The average molecular weight is 375 g/mol. The van der Waals surface area contributed by atoms with Gasteiger partial charge in [-0.1, -0.05) is 12.1 Å². The van der Waals surface area contributed by atoms with Crippen molar-refractivity contribution in [2.24, 2.45) is 0 Å². The highest BCUT2D eigenvalue weighted by molar-refractivity contribution is 6.01. The molecule has 8 nitrogen and oxygen atoms in total. The summed E-state index contributed by atoms with van der Waals surface area (Å²) in [5, 5.41) is 6.37. The Kier molecular flexibility index (Phi) is 6.81. The molecule has 2 amide bonds. The normalized spacial score (nSPS) is 11.6. The van der Waals surface area contributed by atoms with Gasteiger partial charge < -0.3 is 24.2 Å². The monoisotopic (exact) mass is 375 g/mol. The third-order valence-corrected chi connectivity index (χ3v) is 4.23. The van der Waals surface area contributed by atoms with Crippen LogP contribution in [0, 0.1) is 6.92 Å². The highest BCUT2D eigenvalue weighted by Crippen LogP contribution is 2.26. The topological polar surface area (TPSA) is 93.9 Å². The van der Waals surface area contributed by atoms with Crippen LogP contribution in [0.15, 0.2) is 28.8 Å². The van der Waals surface area contributed by atoms with Gasteiger partial charge in [0.1, 0.15) is 23.8 Å². The number of nitrogens with zero attached hydrogens (tertiary/aromatic N) is 2. The Balaban J connectivity index is 2.22. The summed E-state index contributed by atoms with van der Waals surface area (Å²) >= 11 is 0. The zero-order chi connectivity index (χ0) is 20.0. The molecule has 8 heteroatoms. The molecule has 0 fully saturated rings. The van der Waals surface area contributed by atoms with Gasteiger partial charge in [0.25, 0.3) is 5.91 Å². The van der Waals surface area contributed by atoms with Crippen molar-refractivity contribution in [3.8, 4) is 11.5 Å². The molecule has 1 heterocycles. The first-order valence-electron chi connectivity index (χ1n) is 8.65. The molecule has 27 heavy (non-hydrogen) atoms. The Morgan fingerprint density at radius 1 is 1.26 bits per heavy atom. The number of benzene rings is 1. The zero-order valence-electron chi connectivity index (χ0n) is 16.2. The number of nitrogens with one attached hydrogen (secondary N) is 1. The fourth-order valence-electron chi connectivity index (χ4n) is 2.54. The van der Waals surface area contributed by atoms with Crippen molar-refractivity contribution in [3.05, 3.63) is 35.6 Å². The molecular formula is C19H25N3O5. The summed E-state index contributed by atoms with van der Waals surface area (Å²) in [5.41, 5.74) is 0.365. The molecule has 0 radical (unpaired) electrons. The summed E-state index contributed by atoms with van der Waals surface area (Å²) < 4.78 is 15.4. The largest absolute Gasteiger partial charge is 0.497 e. The minimum absolute atomic E-state index is 0.116. The lowest BCUT2D eigenvalue weighted by Gasteiger charge is -2.28. The molecule has 0 spiro atoms. The molecular weight excluding hydrogens is 350 g/mol. The number of hydrogen-bond donors (Lipinski definition) is 1. The minimum Gasteiger partial charge on any atom is -0.497 e. The van der Waals surface area contributed by atoms with Crippen LogP contribution in [0.5, 0.6) is 11.5 Å². The van der Waals surface area contributed by atoms with Gasteiger partial charge in [-0.15, -0.1) is 0 Å². The lowest BCUT2D eigenvalue weighted by molar-refractivity contribution is -0.117. The van der Waals surface area contributed by atoms with Gasteiger partial charge in [-0.3, -0.25) is 9.59 Å². The van der Waals surface area contributed by atoms with Crippen LogP contribution in [-0.2, 0) is 4.79 Å². The van der Waals surface area contributed by atoms with Crippen molar-refractivity contribution in [2.75, 3.05) is 26.1 Å². The van der Waals surface area contributed by atoms with E-state index in [2.05, 4.69) is 10.5 Å². The number of rotatable bonds is 8. The van der Waals surface area contributed by atoms with Crippen LogP contribution in [0.25, 0.3) is 0 Å². The first-order chi connectivity index (χ1) is 12.9. The van der Waals surface area contributed by atoms with E-state index in [9.17, 15) is 9.59 Å². The fourth-order valence-corrected chi connectivity index (χ4v) is 2.54. The van der Waals surface area contributed by atoms with E-state index in [1.54, 1.807) is 31.2 Å². The van der Waals surface area contributed by atoms with Gasteiger partial charge in [-0.25, -0.2) is 0 Å². The molecule has 0 bridgehead atoms. The molecule has 0 aliphatic carbocycles. The highest BCUT2D eigenvalue weighted by Gasteiger charge is 2.26. The molecule has 1 aromatic carbocycles. The van der Waals surface area contributed by atoms with E-state index in [4.69, 9.17) is 14.0 Å². The van der Waals surface area contributed by atoms with Crippen molar-refractivity contribution < 1.29 is 23.6 Å². The van der Waals surface area contributed by atoms with Crippen molar-refractivity contribution in [1.82, 2.24) is 10.1 Å². The van der Waals surface area contributed by atoms with Crippen LogP contribution in [0.1, 0.15) is 36.4 Å². The predicted molar refractivity (Wildman–Crippen MR) is 100 cm³/mol. The van der Waals surface area contributed by atoms with Crippen LogP contribution >= 0.6 is 0 Å². The SMILES string of the molecule is CC[C@H](C)N(CC(=O)Nc1cc(C)on1)C(=O)c1ccc(OC)cc1OC. The van der Waals surface area contributed by atoms with Gasteiger partial charge in [0.2, 0.25) is 5.91 Å².